The third-order valence-electron chi connectivity index (χ3n) is 0.568. The molecular formula is C5H8NO. The van der Waals surface area contributed by atoms with E-state index in [0.717, 1.165) is 0 Å². The van der Waals surface area contributed by atoms with Crippen LogP contribution in [0.5, 0.6) is 0 Å². The highest BCUT2D eigenvalue weighted by molar-refractivity contribution is 5.91. The second-order valence-corrected chi connectivity index (χ2v) is 1.31. The molecule has 0 saturated carbocycles. The van der Waals surface area contributed by atoms with Crippen molar-refractivity contribution in [2.24, 2.45) is 0 Å². The van der Waals surface area contributed by atoms with Crippen molar-refractivity contribution in [1.29, 1.82) is 0 Å². The molecule has 0 aliphatic rings. The SMILES string of the molecule is C=C(C)C(=O)[N]C. The summed E-state index contributed by atoms with van der Waals surface area (Å²) < 4.78 is 0. The van der Waals surface area contributed by atoms with Gasteiger partial charge >= 0.3 is 0 Å². The second kappa shape index (κ2) is 2.39. The maximum Gasteiger partial charge on any atom is 0.267 e. The molecule has 2 heteroatoms. The zero-order valence-corrected chi connectivity index (χ0v) is 4.56. The minimum atomic E-state index is -0.222. The lowest BCUT2D eigenvalue weighted by molar-refractivity contribution is -0.117. The highest BCUT2D eigenvalue weighted by atomic mass is 16.1. The van der Waals surface area contributed by atoms with Crippen molar-refractivity contribution in [3.8, 4) is 0 Å². The van der Waals surface area contributed by atoms with Gasteiger partial charge in [0.25, 0.3) is 5.91 Å². The van der Waals surface area contributed by atoms with Gasteiger partial charge in [0, 0.05) is 12.6 Å². The van der Waals surface area contributed by atoms with Crippen LogP contribution in [0.15, 0.2) is 12.2 Å². The number of likely N-dealkylation sites (N-methyl/N-ethyl adjacent to an activating group) is 1. The smallest absolute Gasteiger partial charge is 0.267 e. The van der Waals surface area contributed by atoms with Crippen LogP contribution in [0.1, 0.15) is 6.92 Å². The van der Waals surface area contributed by atoms with Gasteiger partial charge in [-0.15, -0.1) is 0 Å². The molecule has 0 aliphatic heterocycles. The molecule has 0 fully saturated rings. The van der Waals surface area contributed by atoms with Gasteiger partial charge in [-0.1, -0.05) is 6.58 Å². The molecule has 0 aromatic carbocycles. The Hall–Kier alpha value is -0.790. The topological polar surface area (TPSA) is 31.2 Å². The normalized spacial score (nSPS) is 7.71. The van der Waals surface area contributed by atoms with Crippen LogP contribution in [-0.4, -0.2) is 13.0 Å². The van der Waals surface area contributed by atoms with E-state index in [4.69, 9.17) is 0 Å². The number of amides is 1. The minimum absolute atomic E-state index is 0.222. The van der Waals surface area contributed by atoms with Crippen LogP contribution in [0.4, 0.5) is 0 Å². The van der Waals surface area contributed by atoms with E-state index in [1.54, 1.807) is 6.92 Å². The molecular weight excluding hydrogens is 90.1 g/mol. The van der Waals surface area contributed by atoms with Gasteiger partial charge in [-0.05, 0) is 6.92 Å². The lowest BCUT2D eigenvalue weighted by atomic mass is 10.3. The Labute approximate surface area is 43.2 Å². The fraction of sp³-hybridized carbons (Fsp3) is 0.400. The molecule has 0 aliphatic carbocycles. The lowest BCUT2D eigenvalue weighted by Gasteiger charge is -1.88. The van der Waals surface area contributed by atoms with E-state index in [1.807, 2.05) is 0 Å². The molecule has 7 heavy (non-hydrogen) atoms. The Morgan fingerprint density at radius 2 is 2.14 bits per heavy atom. The van der Waals surface area contributed by atoms with Crippen molar-refractivity contribution >= 4 is 5.91 Å². The second-order valence-electron chi connectivity index (χ2n) is 1.31. The number of hydrogen-bond donors (Lipinski definition) is 0. The number of rotatable bonds is 1. The molecule has 39 valence electrons. The maximum absolute atomic E-state index is 10.2. The first-order valence-electron chi connectivity index (χ1n) is 1.98. The number of carbonyl (C=O) groups excluding carboxylic acids is 1. The first-order valence-corrected chi connectivity index (χ1v) is 1.98. The van der Waals surface area contributed by atoms with Gasteiger partial charge in [0.2, 0.25) is 0 Å². The molecule has 0 saturated heterocycles. The van der Waals surface area contributed by atoms with Crippen LogP contribution in [0, 0.1) is 0 Å². The van der Waals surface area contributed by atoms with Gasteiger partial charge < -0.3 is 0 Å². The summed E-state index contributed by atoms with van der Waals surface area (Å²) in [7, 11) is 1.46. The summed E-state index contributed by atoms with van der Waals surface area (Å²) >= 11 is 0. The van der Waals surface area contributed by atoms with Gasteiger partial charge in [-0.3, -0.25) is 10.1 Å². The van der Waals surface area contributed by atoms with Gasteiger partial charge in [0.1, 0.15) is 0 Å². The van der Waals surface area contributed by atoms with Crippen LogP contribution >= 0.6 is 0 Å². The molecule has 1 radical (unpaired) electrons. The molecule has 0 N–H and O–H groups in total. The van der Waals surface area contributed by atoms with Gasteiger partial charge in [-0.2, -0.15) is 0 Å². The molecule has 0 heterocycles. The van der Waals surface area contributed by atoms with Gasteiger partial charge in [0.15, 0.2) is 0 Å². The quantitative estimate of drug-likeness (QED) is 0.434. The van der Waals surface area contributed by atoms with E-state index in [-0.39, 0.29) is 5.91 Å². The predicted molar refractivity (Wildman–Crippen MR) is 27.9 cm³/mol. The Balaban J connectivity index is 3.58. The van der Waals surface area contributed by atoms with Gasteiger partial charge in [0.05, 0.1) is 0 Å². The number of carbonyl (C=O) groups is 1. The zero-order valence-electron chi connectivity index (χ0n) is 4.56. The molecule has 0 unspecified atom stereocenters. The first-order chi connectivity index (χ1) is 3.18. The third kappa shape index (κ3) is 1.98. The predicted octanol–water partition coefficient (Wildman–Crippen LogP) is 0.323. The Morgan fingerprint density at radius 1 is 1.71 bits per heavy atom. The summed E-state index contributed by atoms with van der Waals surface area (Å²) in [5.41, 5.74) is 0.488. The highest BCUT2D eigenvalue weighted by Gasteiger charge is 1.94. The summed E-state index contributed by atoms with van der Waals surface area (Å²) in [5, 5.41) is 3.35. The first kappa shape index (κ1) is 6.21. The van der Waals surface area contributed by atoms with Crippen LogP contribution in [0.25, 0.3) is 0 Å². The average molecular weight is 98.1 g/mol. The van der Waals surface area contributed by atoms with Crippen LogP contribution in [0.2, 0.25) is 0 Å². The van der Waals surface area contributed by atoms with E-state index in [0.29, 0.717) is 5.57 Å². The fourth-order valence-corrected chi connectivity index (χ4v) is 0.191. The fourth-order valence-electron chi connectivity index (χ4n) is 0.191. The average Bonchev–Trinajstić information content (AvgIpc) is 1.65. The molecule has 1 amide bonds. The summed E-state index contributed by atoms with van der Waals surface area (Å²) in [6.07, 6.45) is 0. The van der Waals surface area contributed by atoms with E-state index >= 15 is 0 Å². The van der Waals surface area contributed by atoms with Crippen molar-refractivity contribution in [1.82, 2.24) is 5.32 Å². The molecule has 2 nitrogen and oxygen atoms in total. The summed E-state index contributed by atoms with van der Waals surface area (Å²) in [6.45, 7) is 5.02. The largest absolute Gasteiger partial charge is 0.268 e. The molecule has 0 aromatic heterocycles. The van der Waals surface area contributed by atoms with E-state index < -0.39 is 0 Å². The van der Waals surface area contributed by atoms with Crippen molar-refractivity contribution in [3.63, 3.8) is 0 Å². The molecule has 0 atom stereocenters. The molecule has 0 spiro atoms. The van der Waals surface area contributed by atoms with Crippen molar-refractivity contribution in [2.75, 3.05) is 7.05 Å². The highest BCUT2D eigenvalue weighted by Crippen LogP contribution is 1.83. The van der Waals surface area contributed by atoms with Crippen LogP contribution < -0.4 is 5.32 Å². The summed E-state index contributed by atoms with van der Waals surface area (Å²) in [6, 6.07) is 0. The van der Waals surface area contributed by atoms with E-state index in [9.17, 15) is 4.79 Å². The standard InChI is InChI=1S/C5H8NO/c1-4(2)5(7)6-3/h1H2,2-3H3. The molecule has 0 bridgehead atoms. The summed E-state index contributed by atoms with van der Waals surface area (Å²) in [5.74, 6) is -0.222. The van der Waals surface area contributed by atoms with E-state index in [2.05, 4.69) is 11.9 Å². The maximum atomic E-state index is 10.2. The third-order valence-corrected chi connectivity index (χ3v) is 0.568. The molecule has 0 aromatic rings. The van der Waals surface area contributed by atoms with Crippen LogP contribution in [0.3, 0.4) is 0 Å². The Morgan fingerprint density at radius 3 is 2.14 bits per heavy atom. The van der Waals surface area contributed by atoms with Crippen molar-refractivity contribution in [3.05, 3.63) is 12.2 Å². The van der Waals surface area contributed by atoms with Gasteiger partial charge in [-0.25, -0.2) is 0 Å². The zero-order chi connectivity index (χ0) is 5.86. The van der Waals surface area contributed by atoms with Crippen molar-refractivity contribution < 1.29 is 4.79 Å². The Bertz CT molecular complexity index is 96.3. The molecule has 0 rings (SSSR count). The minimum Gasteiger partial charge on any atom is -0.268 e. The summed E-state index contributed by atoms with van der Waals surface area (Å²) in [4.78, 5) is 10.2. The monoisotopic (exact) mass is 98.1 g/mol. The Kier molecular flexibility index (Phi) is 2.12. The number of hydrogen-bond acceptors (Lipinski definition) is 1. The van der Waals surface area contributed by atoms with Crippen molar-refractivity contribution in [2.45, 2.75) is 6.92 Å². The lowest BCUT2D eigenvalue weighted by Crippen LogP contribution is -2.09. The van der Waals surface area contributed by atoms with E-state index in [1.165, 1.54) is 7.05 Å². The van der Waals surface area contributed by atoms with Crippen LogP contribution in [-0.2, 0) is 4.79 Å². The number of nitrogens with zero attached hydrogens (tertiary/aromatic N) is 1.